The van der Waals surface area contributed by atoms with E-state index in [1.54, 1.807) is 35.6 Å². The summed E-state index contributed by atoms with van der Waals surface area (Å²) in [6.45, 7) is -1.85. The van der Waals surface area contributed by atoms with Gasteiger partial charge in [-0.05, 0) is 30.0 Å². The van der Waals surface area contributed by atoms with E-state index in [2.05, 4.69) is 31.9 Å². The van der Waals surface area contributed by atoms with Crippen LogP contribution in [0.2, 0.25) is 0 Å². The van der Waals surface area contributed by atoms with Crippen molar-refractivity contribution in [2.75, 3.05) is 11.9 Å². The predicted molar refractivity (Wildman–Crippen MR) is 107 cm³/mol. The van der Waals surface area contributed by atoms with E-state index in [-0.39, 0.29) is 0 Å². The molecule has 0 saturated heterocycles. The number of para-hydroxylation sites is 2. The van der Waals surface area contributed by atoms with Crippen molar-refractivity contribution in [3.05, 3.63) is 52.5 Å². The zero-order valence-electron chi connectivity index (χ0n) is 14.0. The van der Waals surface area contributed by atoms with E-state index in [0.29, 0.717) is 22.6 Å². The lowest BCUT2D eigenvalue weighted by molar-refractivity contribution is 0.0722. The Labute approximate surface area is 166 Å². The highest BCUT2D eigenvalue weighted by atomic mass is 32.2. The van der Waals surface area contributed by atoms with Gasteiger partial charge in [-0.2, -0.15) is 8.78 Å². The first-order valence-corrected chi connectivity index (χ1v) is 10.9. The highest BCUT2D eigenvalue weighted by molar-refractivity contribution is 8.00. The summed E-state index contributed by atoms with van der Waals surface area (Å²) in [4.78, 5) is 5.65. The Balaban J connectivity index is 1.38. The van der Waals surface area contributed by atoms with Crippen molar-refractivity contribution in [2.24, 2.45) is 0 Å². The van der Waals surface area contributed by atoms with Gasteiger partial charge in [-0.15, -0.1) is 21.5 Å². The number of imidazole rings is 1. The minimum atomic E-state index is -2.63. The van der Waals surface area contributed by atoms with Gasteiger partial charge < -0.3 is 5.32 Å². The number of rotatable bonds is 8. The second-order valence-electron chi connectivity index (χ2n) is 5.58. The summed E-state index contributed by atoms with van der Waals surface area (Å²) < 4.78 is 28.6. The van der Waals surface area contributed by atoms with E-state index in [0.717, 1.165) is 27.0 Å². The van der Waals surface area contributed by atoms with Gasteiger partial charge in [0, 0.05) is 11.4 Å². The van der Waals surface area contributed by atoms with E-state index in [9.17, 15) is 8.78 Å². The Bertz CT molecular complexity index is 1010. The van der Waals surface area contributed by atoms with Gasteiger partial charge in [-0.25, -0.2) is 4.98 Å². The topological polar surface area (TPSA) is 55.6 Å². The van der Waals surface area contributed by atoms with Gasteiger partial charge in [-0.3, -0.25) is 4.57 Å². The lowest BCUT2D eigenvalue weighted by Gasteiger charge is -2.06. The number of nitrogens with zero attached hydrogens (tertiary/aromatic N) is 4. The average Bonchev–Trinajstić information content (AvgIpc) is 3.39. The van der Waals surface area contributed by atoms with Crippen LogP contribution in [0.15, 0.2) is 46.1 Å². The van der Waals surface area contributed by atoms with Crippen molar-refractivity contribution in [3.63, 3.8) is 0 Å². The number of anilines is 1. The fourth-order valence-electron chi connectivity index (χ4n) is 2.63. The molecule has 10 heteroatoms. The van der Waals surface area contributed by atoms with Crippen molar-refractivity contribution in [3.8, 4) is 0 Å². The molecule has 0 fully saturated rings. The van der Waals surface area contributed by atoms with Crippen LogP contribution >= 0.6 is 34.4 Å². The largest absolute Gasteiger partial charge is 0.360 e. The zero-order chi connectivity index (χ0) is 18.6. The summed E-state index contributed by atoms with van der Waals surface area (Å²) in [7, 11) is 0. The molecule has 3 heterocycles. The Kier molecular flexibility index (Phi) is 5.65. The number of fused-ring (bicyclic) bond motifs is 1. The van der Waals surface area contributed by atoms with Crippen LogP contribution < -0.4 is 5.32 Å². The van der Waals surface area contributed by atoms with E-state index in [4.69, 9.17) is 0 Å². The zero-order valence-corrected chi connectivity index (χ0v) is 16.5. The second kappa shape index (κ2) is 8.32. The first-order valence-electron chi connectivity index (χ1n) is 8.17. The van der Waals surface area contributed by atoms with E-state index in [1.807, 2.05) is 6.07 Å². The summed E-state index contributed by atoms with van der Waals surface area (Å²) in [5.41, 5.74) is 1.01. The van der Waals surface area contributed by atoms with Gasteiger partial charge >= 0.3 is 6.55 Å². The summed E-state index contributed by atoms with van der Waals surface area (Å²) in [5.74, 6) is 0.640. The van der Waals surface area contributed by atoms with Gasteiger partial charge in [0.1, 0.15) is 5.82 Å². The number of thiophene rings is 1. The van der Waals surface area contributed by atoms with Gasteiger partial charge in [0.25, 0.3) is 0 Å². The van der Waals surface area contributed by atoms with Crippen molar-refractivity contribution in [2.45, 2.75) is 23.1 Å². The average molecular weight is 424 g/mol. The van der Waals surface area contributed by atoms with Crippen molar-refractivity contribution in [1.82, 2.24) is 19.7 Å². The molecule has 1 aromatic carbocycles. The maximum Gasteiger partial charge on any atom is 0.320 e. The van der Waals surface area contributed by atoms with Crippen LogP contribution in [0.25, 0.3) is 11.0 Å². The van der Waals surface area contributed by atoms with E-state index >= 15 is 0 Å². The molecule has 0 saturated carbocycles. The molecule has 0 amide bonds. The molecule has 140 valence electrons. The van der Waals surface area contributed by atoms with Crippen LogP contribution in [0.3, 0.4) is 0 Å². The highest BCUT2D eigenvalue weighted by Gasteiger charge is 2.18. The molecule has 27 heavy (non-hydrogen) atoms. The van der Waals surface area contributed by atoms with Crippen molar-refractivity contribution < 1.29 is 8.78 Å². The van der Waals surface area contributed by atoms with Gasteiger partial charge in [0.05, 0.1) is 16.8 Å². The summed E-state index contributed by atoms with van der Waals surface area (Å²) in [6.07, 6.45) is 0.929. The summed E-state index contributed by atoms with van der Waals surface area (Å²) in [5, 5.41) is 14.3. The molecule has 0 atom stereocenters. The third-order valence-electron chi connectivity index (χ3n) is 3.82. The van der Waals surface area contributed by atoms with Crippen LogP contribution in [0, 0.1) is 0 Å². The summed E-state index contributed by atoms with van der Waals surface area (Å²) >= 11 is 4.51. The summed E-state index contributed by atoms with van der Waals surface area (Å²) in [6, 6.07) is 11.1. The number of alkyl halides is 2. The predicted octanol–water partition coefficient (Wildman–Crippen LogP) is 5.29. The fourth-order valence-corrected chi connectivity index (χ4v) is 5.04. The molecule has 0 aliphatic carbocycles. The van der Waals surface area contributed by atoms with E-state index < -0.39 is 6.55 Å². The highest BCUT2D eigenvalue weighted by Crippen LogP contribution is 2.31. The number of aromatic nitrogens is 4. The van der Waals surface area contributed by atoms with E-state index in [1.165, 1.54) is 28.0 Å². The van der Waals surface area contributed by atoms with Crippen molar-refractivity contribution in [1.29, 1.82) is 0 Å². The molecule has 0 spiro atoms. The standard InChI is InChI=1S/C17H15F2N5S3/c18-15(19)24-13-6-2-1-5-12(13)21-14(24)10-26-17-23-22-16(27-17)20-8-7-11-4-3-9-25-11/h1-6,9,15H,7-8,10H2,(H,20,22). The van der Waals surface area contributed by atoms with Gasteiger partial charge in [0.15, 0.2) is 4.34 Å². The van der Waals surface area contributed by atoms with Crippen LogP contribution in [0.1, 0.15) is 17.3 Å². The quantitative estimate of drug-likeness (QED) is 0.390. The molecule has 3 aromatic heterocycles. The molecular formula is C17H15F2N5S3. The molecule has 0 aliphatic rings. The maximum atomic E-state index is 13.5. The number of benzene rings is 1. The number of nitrogens with one attached hydrogen (secondary N) is 1. The van der Waals surface area contributed by atoms with Crippen LogP contribution in [0.5, 0.6) is 0 Å². The Morgan fingerprint density at radius 1 is 1.15 bits per heavy atom. The van der Waals surface area contributed by atoms with Gasteiger partial charge in [0.2, 0.25) is 5.13 Å². The molecule has 4 rings (SSSR count). The molecule has 5 nitrogen and oxygen atoms in total. The number of hydrogen-bond acceptors (Lipinski definition) is 7. The SMILES string of the molecule is FC(F)n1c(CSc2nnc(NCCc3cccs3)s2)nc2ccccc21. The lowest BCUT2D eigenvalue weighted by Crippen LogP contribution is -2.03. The molecular weight excluding hydrogens is 408 g/mol. The van der Waals surface area contributed by atoms with Crippen molar-refractivity contribution >= 4 is 50.6 Å². The molecule has 0 radical (unpaired) electrons. The minimum absolute atomic E-state index is 0.308. The maximum absolute atomic E-state index is 13.5. The van der Waals surface area contributed by atoms with Crippen LogP contribution in [-0.4, -0.2) is 26.3 Å². The Morgan fingerprint density at radius 2 is 2.04 bits per heavy atom. The smallest absolute Gasteiger partial charge is 0.320 e. The molecule has 0 unspecified atom stereocenters. The van der Waals surface area contributed by atoms with Gasteiger partial charge in [-0.1, -0.05) is 41.3 Å². The number of halogens is 2. The van der Waals surface area contributed by atoms with Crippen LogP contribution in [-0.2, 0) is 12.2 Å². The minimum Gasteiger partial charge on any atom is -0.360 e. The first kappa shape index (κ1) is 18.3. The second-order valence-corrected chi connectivity index (χ2v) is 8.81. The molecule has 0 aliphatic heterocycles. The number of thioether (sulfide) groups is 1. The Hall–Kier alpha value is -2.04. The number of hydrogen-bond donors (Lipinski definition) is 1. The third kappa shape index (κ3) is 4.28. The monoisotopic (exact) mass is 423 g/mol. The third-order valence-corrected chi connectivity index (χ3v) is 6.77. The van der Waals surface area contributed by atoms with Crippen LogP contribution in [0.4, 0.5) is 13.9 Å². The molecule has 0 bridgehead atoms. The fraction of sp³-hybridized carbons (Fsp3) is 0.235. The lowest BCUT2D eigenvalue weighted by atomic mass is 10.3. The Morgan fingerprint density at radius 3 is 2.85 bits per heavy atom. The molecule has 1 N–H and O–H groups in total. The molecule has 4 aromatic rings. The normalized spacial score (nSPS) is 11.5. The first-order chi connectivity index (χ1) is 13.2.